The quantitative estimate of drug-likeness (QED) is 0.699. The van der Waals surface area contributed by atoms with Gasteiger partial charge in [0.2, 0.25) is 5.91 Å². The molecule has 0 unspecified atom stereocenters. The fourth-order valence-electron chi connectivity index (χ4n) is 3.28. The number of amides is 1. The maximum Gasteiger partial charge on any atom is 0.227 e. The highest BCUT2D eigenvalue weighted by Gasteiger charge is 2.27. The lowest BCUT2D eigenvalue weighted by atomic mass is 10.1. The van der Waals surface area contributed by atoms with E-state index in [1.54, 1.807) is 35.4 Å². The Morgan fingerprint density at radius 1 is 1.08 bits per heavy atom. The summed E-state index contributed by atoms with van der Waals surface area (Å²) in [5, 5.41) is 0.988. The number of carbonyl (C=O) groups excluding carboxylic acids is 1. The molecule has 26 heavy (non-hydrogen) atoms. The van der Waals surface area contributed by atoms with Gasteiger partial charge in [0.15, 0.2) is 9.84 Å². The minimum Gasteiger partial charge on any atom is -0.337 e. The van der Waals surface area contributed by atoms with E-state index in [1.807, 2.05) is 30.3 Å². The van der Waals surface area contributed by atoms with Gasteiger partial charge in [0, 0.05) is 24.7 Å². The van der Waals surface area contributed by atoms with Crippen LogP contribution < -0.4 is 0 Å². The molecule has 3 aromatic rings. The van der Waals surface area contributed by atoms with Crippen molar-refractivity contribution in [3.8, 4) is 0 Å². The third-order valence-electron chi connectivity index (χ3n) is 4.65. The van der Waals surface area contributed by atoms with Crippen molar-refractivity contribution in [2.75, 3.05) is 12.3 Å². The Morgan fingerprint density at radius 3 is 2.73 bits per heavy atom. The van der Waals surface area contributed by atoms with E-state index in [9.17, 15) is 13.2 Å². The summed E-state index contributed by atoms with van der Waals surface area (Å²) >= 11 is 0. The topological polar surface area (TPSA) is 67.3 Å². The van der Waals surface area contributed by atoms with Crippen LogP contribution in [0.5, 0.6) is 0 Å². The molecule has 2 aromatic carbocycles. The molecule has 1 aliphatic heterocycles. The lowest BCUT2D eigenvalue weighted by Crippen LogP contribution is -2.33. The second kappa shape index (κ2) is 6.53. The Balaban J connectivity index is 1.58. The van der Waals surface area contributed by atoms with E-state index in [4.69, 9.17) is 0 Å². The van der Waals surface area contributed by atoms with Crippen LogP contribution in [0.2, 0.25) is 0 Å². The van der Waals surface area contributed by atoms with E-state index in [0.717, 1.165) is 16.5 Å². The van der Waals surface area contributed by atoms with Gasteiger partial charge in [-0.3, -0.25) is 9.78 Å². The Hall–Kier alpha value is -2.73. The van der Waals surface area contributed by atoms with Gasteiger partial charge in [-0.2, -0.15) is 0 Å². The predicted molar refractivity (Wildman–Crippen MR) is 99.4 cm³/mol. The summed E-state index contributed by atoms with van der Waals surface area (Å²) in [5.74, 6) is -0.139. The van der Waals surface area contributed by atoms with Gasteiger partial charge in [0.1, 0.15) is 0 Å². The molecule has 6 heteroatoms. The van der Waals surface area contributed by atoms with Gasteiger partial charge in [0.25, 0.3) is 0 Å². The fourth-order valence-corrected chi connectivity index (χ4v) is 4.77. The molecule has 0 fully saturated rings. The van der Waals surface area contributed by atoms with Gasteiger partial charge in [-0.05, 0) is 29.3 Å². The lowest BCUT2D eigenvalue weighted by Gasteiger charge is -2.20. The first-order chi connectivity index (χ1) is 12.5. The minimum absolute atomic E-state index is 0.0499. The summed E-state index contributed by atoms with van der Waals surface area (Å²) in [7, 11) is -3.35. The highest BCUT2D eigenvalue weighted by atomic mass is 32.2. The SMILES string of the molecule is O=C(Cc1cnc2ccccc2c1)N1CCS(=O)(=O)c2ccccc2C1. The van der Waals surface area contributed by atoms with Crippen molar-refractivity contribution in [2.45, 2.75) is 17.9 Å². The second-order valence-electron chi connectivity index (χ2n) is 6.45. The first-order valence-corrected chi connectivity index (χ1v) is 10.1. The number of aromatic nitrogens is 1. The van der Waals surface area contributed by atoms with Crippen LogP contribution in [0.1, 0.15) is 11.1 Å². The smallest absolute Gasteiger partial charge is 0.227 e. The minimum atomic E-state index is -3.35. The molecule has 0 aliphatic carbocycles. The van der Waals surface area contributed by atoms with Crippen molar-refractivity contribution in [1.82, 2.24) is 9.88 Å². The molecule has 0 saturated heterocycles. The van der Waals surface area contributed by atoms with E-state index in [1.165, 1.54) is 0 Å². The summed E-state index contributed by atoms with van der Waals surface area (Å²) in [6.07, 6.45) is 1.92. The summed E-state index contributed by atoms with van der Waals surface area (Å²) in [6.45, 7) is 0.520. The molecular weight excluding hydrogens is 348 g/mol. The van der Waals surface area contributed by atoms with Crippen LogP contribution in [-0.2, 0) is 27.6 Å². The number of hydrogen-bond donors (Lipinski definition) is 0. The molecular formula is C20H18N2O3S. The molecule has 0 bridgehead atoms. The van der Waals surface area contributed by atoms with Crippen LogP contribution >= 0.6 is 0 Å². The third-order valence-corrected chi connectivity index (χ3v) is 6.44. The average molecular weight is 366 g/mol. The number of rotatable bonds is 2. The van der Waals surface area contributed by atoms with Crippen molar-refractivity contribution < 1.29 is 13.2 Å². The molecule has 0 N–H and O–H groups in total. The molecule has 1 aromatic heterocycles. The number of benzene rings is 2. The van der Waals surface area contributed by atoms with Crippen molar-refractivity contribution in [3.05, 3.63) is 71.9 Å². The summed E-state index contributed by atoms with van der Waals surface area (Å²) < 4.78 is 24.8. The zero-order chi connectivity index (χ0) is 18.1. The Morgan fingerprint density at radius 2 is 1.85 bits per heavy atom. The Bertz CT molecular complexity index is 1090. The molecule has 1 aliphatic rings. The number of pyridine rings is 1. The predicted octanol–water partition coefficient (Wildman–Crippen LogP) is 2.59. The van der Waals surface area contributed by atoms with Gasteiger partial charge < -0.3 is 4.90 Å². The van der Waals surface area contributed by atoms with E-state index in [0.29, 0.717) is 17.0 Å². The summed E-state index contributed by atoms with van der Waals surface area (Å²) in [5.41, 5.74) is 2.39. The van der Waals surface area contributed by atoms with Crippen LogP contribution in [0.3, 0.4) is 0 Å². The van der Waals surface area contributed by atoms with Gasteiger partial charge in [-0.25, -0.2) is 8.42 Å². The molecule has 132 valence electrons. The Kier molecular flexibility index (Phi) is 4.20. The lowest BCUT2D eigenvalue weighted by molar-refractivity contribution is -0.130. The van der Waals surface area contributed by atoms with Gasteiger partial charge >= 0.3 is 0 Å². The van der Waals surface area contributed by atoms with E-state index < -0.39 is 9.84 Å². The van der Waals surface area contributed by atoms with Gasteiger partial charge in [-0.15, -0.1) is 0 Å². The number of fused-ring (bicyclic) bond motifs is 2. The standard InChI is InChI=1S/C20H18N2O3S/c23-20(12-15-11-16-5-1-3-7-18(16)21-13-15)22-9-10-26(24,25)19-8-4-2-6-17(19)14-22/h1-8,11,13H,9-10,12,14H2. The highest BCUT2D eigenvalue weighted by Crippen LogP contribution is 2.23. The van der Waals surface area contributed by atoms with Crippen molar-refractivity contribution in [3.63, 3.8) is 0 Å². The van der Waals surface area contributed by atoms with Gasteiger partial charge in [-0.1, -0.05) is 36.4 Å². The van der Waals surface area contributed by atoms with Crippen LogP contribution in [0.25, 0.3) is 10.9 Å². The molecule has 0 atom stereocenters. The van der Waals surface area contributed by atoms with Crippen LogP contribution in [-0.4, -0.2) is 36.5 Å². The zero-order valence-electron chi connectivity index (χ0n) is 14.1. The largest absolute Gasteiger partial charge is 0.337 e. The Labute approximate surface area is 152 Å². The molecule has 0 spiro atoms. The van der Waals surface area contributed by atoms with E-state index in [-0.39, 0.29) is 24.6 Å². The van der Waals surface area contributed by atoms with Crippen molar-refractivity contribution in [2.24, 2.45) is 0 Å². The first-order valence-electron chi connectivity index (χ1n) is 8.45. The van der Waals surface area contributed by atoms with Crippen LogP contribution in [0.15, 0.2) is 65.7 Å². The highest BCUT2D eigenvalue weighted by molar-refractivity contribution is 7.91. The number of hydrogen-bond acceptors (Lipinski definition) is 4. The number of para-hydroxylation sites is 1. The molecule has 1 amide bonds. The third kappa shape index (κ3) is 3.20. The van der Waals surface area contributed by atoms with Crippen molar-refractivity contribution in [1.29, 1.82) is 0 Å². The number of carbonyl (C=O) groups is 1. The summed E-state index contributed by atoms with van der Waals surface area (Å²) in [6, 6.07) is 16.6. The van der Waals surface area contributed by atoms with E-state index >= 15 is 0 Å². The molecule has 2 heterocycles. The van der Waals surface area contributed by atoms with Gasteiger partial charge in [0.05, 0.1) is 22.6 Å². The molecule has 5 nitrogen and oxygen atoms in total. The first kappa shape index (κ1) is 16.7. The van der Waals surface area contributed by atoms with Crippen LogP contribution in [0.4, 0.5) is 0 Å². The maximum atomic E-state index is 12.8. The van der Waals surface area contributed by atoms with Crippen molar-refractivity contribution >= 4 is 26.6 Å². The summed E-state index contributed by atoms with van der Waals surface area (Å²) in [4.78, 5) is 19.1. The maximum absolute atomic E-state index is 12.8. The fraction of sp³-hybridized carbons (Fsp3) is 0.200. The molecule has 0 saturated carbocycles. The zero-order valence-corrected chi connectivity index (χ0v) is 14.9. The molecule has 0 radical (unpaired) electrons. The monoisotopic (exact) mass is 366 g/mol. The second-order valence-corrected chi connectivity index (χ2v) is 8.53. The molecule has 4 rings (SSSR count). The van der Waals surface area contributed by atoms with E-state index in [2.05, 4.69) is 4.98 Å². The normalized spacial score (nSPS) is 16.1. The number of nitrogens with zero attached hydrogens (tertiary/aromatic N) is 2. The van der Waals surface area contributed by atoms with Crippen LogP contribution in [0, 0.1) is 0 Å². The number of sulfone groups is 1. The average Bonchev–Trinajstić information content (AvgIpc) is 2.78.